The smallest absolute Gasteiger partial charge is 0.170 e. The minimum Gasteiger partial charge on any atom is -0.424 e. The molecule has 0 atom stereocenters. The standard InChI is InChI=1S/C3H10OSi.CH2OSi/c1-4-5(2)3;2-1-3/h5H,1-3H3;3H2. The van der Waals surface area contributed by atoms with Crippen LogP contribution in [0.2, 0.25) is 13.1 Å². The van der Waals surface area contributed by atoms with Gasteiger partial charge in [0, 0.05) is 7.11 Å². The minimum absolute atomic E-state index is 0.650. The van der Waals surface area contributed by atoms with Gasteiger partial charge in [-0.25, -0.2) is 4.79 Å². The van der Waals surface area contributed by atoms with Crippen LogP contribution in [0.3, 0.4) is 0 Å². The van der Waals surface area contributed by atoms with Gasteiger partial charge in [0.2, 0.25) is 0 Å². The Morgan fingerprint density at radius 2 is 1.75 bits per heavy atom. The number of hydrogen-bond donors (Lipinski definition) is 0. The van der Waals surface area contributed by atoms with Crippen LogP contribution in [0.15, 0.2) is 0 Å². The Morgan fingerprint density at radius 3 is 1.75 bits per heavy atom. The first-order chi connectivity index (χ1) is 3.68. The minimum atomic E-state index is -0.650. The zero-order valence-corrected chi connectivity index (χ0v) is 8.17. The molecule has 0 heterocycles. The highest BCUT2D eigenvalue weighted by Crippen LogP contribution is 1.73. The van der Waals surface area contributed by atoms with Gasteiger partial charge in [0.15, 0.2) is 9.04 Å². The van der Waals surface area contributed by atoms with Crippen LogP contribution in [-0.4, -0.2) is 31.5 Å². The summed E-state index contributed by atoms with van der Waals surface area (Å²) in [6.45, 7) is 4.28. The van der Waals surface area contributed by atoms with Gasteiger partial charge in [-0.2, -0.15) is 0 Å². The molecule has 4 heteroatoms. The van der Waals surface area contributed by atoms with E-state index in [-0.39, 0.29) is 0 Å². The molecule has 0 rings (SSSR count). The van der Waals surface area contributed by atoms with E-state index in [1.165, 1.54) is 15.4 Å². The molecule has 0 fully saturated rings. The van der Waals surface area contributed by atoms with Crippen molar-refractivity contribution in [2.75, 3.05) is 7.11 Å². The monoisotopic (exact) mass is 148 g/mol. The highest BCUT2D eigenvalue weighted by atomic mass is 28.3. The molecule has 0 saturated heterocycles. The van der Waals surface area contributed by atoms with Crippen LogP contribution in [0.25, 0.3) is 0 Å². The predicted molar refractivity (Wildman–Crippen MR) is 40.1 cm³/mol. The van der Waals surface area contributed by atoms with Gasteiger partial charge < -0.3 is 4.43 Å². The summed E-state index contributed by atoms with van der Waals surface area (Å²) in [6, 6.07) is 0. The molecule has 0 spiro atoms. The lowest BCUT2D eigenvalue weighted by atomic mass is 11.8. The maximum absolute atomic E-state index is 8.69. The summed E-state index contributed by atoms with van der Waals surface area (Å²) < 4.78 is 4.89. The van der Waals surface area contributed by atoms with E-state index < -0.39 is 9.04 Å². The summed E-state index contributed by atoms with van der Waals surface area (Å²) in [5.41, 5.74) is 1.53. The van der Waals surface area contributed by atoms with E-state index in [1.807, 2.05) is 0 Å². The molecule has 0 amide bonds. The summed E-state index contributed by atoms with van der Waals surface area (Å²) >= 11 is 0. The van der Waals surface area contributed by atoms with Crippen molar-refractivity contribution in [3.63, 3.8) is 0 Å². The fourth-order valence-electron chi connectivity index (χ4n) is 0. The topological polar surface area (TPSA) is 26.3 Å². The van der Waals surface area contributed by atoms with Crippen LogP contribution < -0.4 is 0 Å². The van der Waals surface area contributed by atoms with Crippen molar-refractivity contribution < 1.29 is 9.22 Å². The SMILES string of the molecule is CO[SiH](C)C.O=C=[SiH2]. The quantitative estimate of drug-likeness (QED) is 0.460. The first-order valence-corrected chi connectivity index (χ1v) is 5.84. The molecule has 0 aromatic heterocycles. The zero-order chi connectivity index (χ0) is 6.99. The molecule has 0 aliphatic carbocycles. The van der Waals surface area contributed by atoms with Crippen LogP contribution in [0.5, 0.6) is 0 Å². The van der Waals surface area contributed by atoms with Gasteiger partial charge in [-0.05, 0) is 13.1 Å². The number of rotatable bonds is 1. The van der Waals surface area contributed by atoms with Gasteiger partial charge in [0.05, 0.1) is 15.4 Å². The molecular weight excluding hydrogens is 136 g/mol. The van der Waals surface area contributed by atoms with E-state index in [9.17, 15) is 0 Å². The Hall–Kier alpha value is -0.0262. The summed E-state index contributed by atoms with van der Waals surface area (Å²) in [4.78, 5) is 8.69. The van der Waals surface area contributed by atoms with Gasteiger partial charge in [0.1, 0.15) is 0 Å². The second kappa shape index (κ2) is 10.1. The normalized spacial score (nSPS) is 7.00. The molecule has 2 nitrogen and oxygen atoms in total. The number of carbonyl (C=O) groups excluding carboxylic acids is 1. The number of hydrogen-bond acceptors (Lipinski definition) is 2. The highest BCUT2D eigenvalue weighted by Gasteiger charge is 1.83. The predicted octanol–water partition coefficient (Wildman–Crippen LogP) is -0.697. The van der Waals surface area contributed by atoms with Crippen LogP contribution in [0.4, 0.5) is 0 Å². The van der Waals surface area contributed by atoms with Crippen molar-refractivity contribution in [2.45, 2.75) is 13.1 Å². The van der Waals surface area contributed by atoms with Gasteiger partial charge >= 0.3 is 0 Å². The van der Waals surface area contributed by atoms with Crippen LogP contribution in [0, 0.1) is 0 Å². The summed E-state index contributed by atoms with van der Waals surface area (Å²) in [5, 5.41) is 0. The van der Waals surface area contributed by atoms with Gasteiger partial charge in [-0.3, -0.25) is 0 Å². The summed E-state index contributed by atoms with van der Waals surface area (Å²) in [7, 11) is 2.28. The van der Waals surface area contributed by atoms with Crippen molar-refractivity contribution in [3.05, 3.63) is 0 Å². The van der Waals surface area contributed by atoms with E-state index in [4.69, 9.17) is 9.22 Å². The fourth-order valence-corrected chi connectivity index (χ4v) is 0. The third-order valence-electron chi connectivity index (χ3n) is 0.471. The van der Waals surface area contributed by atoms with Crippen molar-refractivity contribution >= 4 is 24.4 Å². The molecule has 0 unspecified atom stereocenters. The van der Waals surface area contributed by atoms with Crippen molar-refractivity contribution in [1.82, 2.24) is 0 Å². The average molecular weight is 148 g/mol. The molecule has 0 radical (unpaired) electrons. The van der Waals surface area contributed by atoms with E-state index >= 15 is 0 Å². The second-order valence-corrected chi connectivity index (χ2v) is 4.29. The molecule has 0 aliphatic rings. The molecule has 0 N–H and O–H groups in total. The molecule has 48 valence electrons. The summed E-state index contributed by atoms with van der Waals surface area (Å²) in [5.74, 6) is 0. The molecule has 0 aliphatic heterocycles. The Bertz CT molecular complexity index is 66.4. The maximum atomic E-state index is 8.69. The zero-order valence-electron chi connectivity index (χ0n) is 5.60. The Morgan fingerprint density at radius 1 is 1.62 bits per heavy atom. The lowest BCUT2D eigenvalue weighted by Gasteiger charge is -1.92. The molecule has 0 bridgehead atoms. The molecule has 8 heavy (non-hydrogen) atoms. The van der Waals surface area contributed by atoms with Crippen LogP contribution in [0.1, 0.15) is 0 Å². The highest BCUT2D eigenvalue weighted by molar-refractivity contribution is 6.48. The Kier molecular flexibility index (Phi) is 13.7. The molecule has 0 saturated carbocycles. The lowest BCUT2D eigenvalue weighted by Crippen LogP contribution is -2.00. The fraction of sp³-hybridized carbons (Fsp3) is 0.750. The molecule has 0 aromatic rings. The lowest BCUT2D eigenvalue weighted by molar-refractivity contribution is 0.430. The molecular formula is C4H12O2Si2. The van der Waals surface area contributed by atoms with Gasteiger partial charge in [0.25, 0.3) is 0 Å². The van der Waals surface area contributed by atoms with E-state index in [2.05, 4.69) is 13.1 Å². The van der Waals surface area contributed by atoms with E-state index in [1.54, 1.807) is 7.11 Å². The van der Waals surface area contributed by atoms with E-state index in [0.29, 0.717) is 0 Å². The molecule has 0 aromatic carbocycles. The first kappa shape index (κ1) is 10.9. The third kappa shape index (κ3) is 37.9. The van der Waals surface area contributed by atoms with Gasteiger partial charge in [-0.15, -0.1) is 0 Å². The Balaban J connectivity index is 0. The third-order valence-corrected chi connectivity index (χ3v) is 1.41. The second-order valence-electron chi connectivity index (χ2n) is 1.43. The largest absolute Gasteiger partial charge is 0.424 e. The van der Waals surface area contributed by atoms with Crippen molar-refractivity contribution in [3.8, 4) is 0 Å². The van der Waals surface area contributed by atoms with Crippen LogP contribution in [-0.2, 0) is 9.22 Å². The maximum Gasteiger partial charge on any atom is 0.170 e. The van der Waals surface area contributed by atoms with E-state index in [0.717, 1.165) is 0 Å². The van der Waals surface area contributed by atoms with Crippen molar-refractivity contribution in [1.29, 1.82) is 0 Å². The summed E-state index contributed by atoms with van der Waals surface area (Å²) in [6.07, 6.45) is 0. The first-order valence-electron chi connectivity index (χ1n) is 2.36. The van der Waals surface area contributed by atoms with Crippen LogP contribution >= 0.6 is 0 Å². The average Bonchev–Trinajstić information content (AvgIpc) is 1.69. The van der Waals surface area contributed by atoms with Crippen molar-refractivity contribution in [2.24, 2.45) is 0 Å². The Labute approximate surface area is 54.6 Å². The van der Waals surface area contributed by atoms with Gasteiger partial charge in [-0.1, -0.05) is 0 Å².